The van der Waals surface area contributed by atoms with E-state index in [-0.39, 0.29) is 11.3 Å². The van der Waals surface area contributed by atoms with E-state index in [9.17, 15) is 5.11 Å². The van der Waals surface area contributed by atoms with E-state index in [1.807, 2.05) is 18.2 Å². The molecule has 0 radical (unpaired) electrons. The molecule has 106 valence electrons. The Morgan fingerprint density at radius 3 is 2.53 bits per heavy atom. The molecule has 0 heterocycles. The van der Waals surface area contributed by atoms with Gasteiger partial charge in [0.15, 0.2) is 0 Å². The van der Waals surface area contributed by atoms with Crippen molar-refractivity contribution < 1.29 is 14.6 Å². The molecule has 0 aromatic heterocycles. The van der Waals surface area contributed by atoms with Crippen molar-refractivity contribution in [3.8, 4) is 11.5 Å². The average molecular weight is 264 g/mol. The van der Waals surface area contributed by atoms with Crippen molar-refractivity contribution in [3.05, 3.63) is 23.8 Å². The first-order valence-corrected chi connectivity index (χ1v) is 6.89. The zero-order valence-electron chi connectivity index (χ0n) is 12.3. The third kappa shape index (κ3) is 2.71. The molecule has 1 aliphatic rings. The standard InChI is InChI=1S/C16H24O3/c1-16(2)9-5-6-13(16)15(17)12-8-7-11(18-3)10-14(12)19-4/h7-8,10,13,15,17H,5-6,9H2,1-4H3. The fourth-order valence-electron chi connectivity index (χ4n) is 3.22. The second-order valence-corrected chi connectivity index (χ2v) is 6.04. The fraction of sp³-hybridized carbons (Fsp3) is 0.625. The summed E-state index contributed by atoms with van der Waals surface area (Å²) in [7, 11) is 3.26. The molecule has 0 amide bonds. The molecular weight excluding hydrogens is 240 g/mol. The second kappa shape index (κ2) is 5.41. The number of aliphatic hydroxyl groups is 1. The van der Waals surface area contributed by atoms with E-state index in [0.717, 1.165) is 17.7 Å². The van der Waals surface area contributed by atoms with E-state index in [2.05, 4.69) is 13.8 Å². The van der Waals surface area contributed by atoms with Gasteiger partial charge in [-0.15, -0.1) is 0 Å². The highest BCUT2D eigenvalue weighted by Gasteiger charge is 2.40. The molecule has 0 saturated heterocycles. The molecule has 1 saturated carbocycles. The number of methoxy groups -OCH3 is 2. The summed E-state index contributed by atoms with van der Waals surface area (Å²) in [5.41, 5.74) is 1.05. The Balaban J connectivity index is 2.30. The van der Waals surface area contributed by atoms with Crippen LogP contribution in [0.1, 0.15) is 44.8 Å². The highest BCUT2D eigenvalue weighted by atomic mass is 16.5. The van der Waals surface area contributed by atoms with Gasteiger partial charge in [-0.25, -0.2) is 0 Å². The molecule has 1 aromatic rings. The zero-order chi connectivity index (χ0) is 14.0. The first-order chi connectivity index (χ1) is 8.99. The van der Waals surface area contributed by atoms with Gasteiger partial charge in [0.05, 0.1) is 20.3 Å². The highest BCUT2D eigenvalue weighted by molar-refractivity contribution is 5.42. The van der Waals surface area contributed by atoms with Crippen LogP contribution in [0.3, 0.4) is 0 Å². The third-order valence-corrected chi connectivity index (χ3v) is 4.48. The van der Waals surface area contributed by atoms with Crippen molar-refractivity contribution in [1.82, 2.24) is 0 Å². The molecule has 1 N–H and O–H groups in total. The van der Waals surface area contributed by atoms with Crippen molar-refractivity contribution in [2.75, 3.05) is 14.2 Å². The minimum Gasteiger partial charge on any atom is -0.497 e. The number of aliphatic hydroxyl groups excluding tert-OH is 1. The Hall–Kier alpha value is -1.22. The van der Waals surface area contributed by atoms with Crippen LogP contribution in [0.25, 0.3) is 0 Å². The van der Waals surface area contributed by atoms with Crippen LogP contribution in [-0.2, 0) is 0 Å². The minimum absolute atomic E-state index is 0.185. The normalized spacial score (nSPS) is 23.1. The quantitative estimate of drug-likeness (QED) is 0.903. The summed E-state index contributed by atoms with van der Waals surface area (Å²) < 4.78 is 10.6. The largest absolute Gasteiger partial charge is 0.497 e. The van der Waals surface area contributed by atoms with E-state index in [4.69, 9.17) is 9.47 Å². The van der Waals surface area contributed by atoms with Gasteiger partial charge in [-0.2, -0.15) is 0 Å². The molecule has 19 heavy (non-hydrogen) atoms. The van der Waals surface area contributed by atoms with Gasteiger partial charge in [-0.1, -0.05) is 20.3 Å². The smallest absolute Gasteiger partial charge is 0.128 e. The van der Waals surface area contributed by atoms with Crippen molar-refractivity contribution >= 4 is 0 Å². The Kier molecular flexibility index (Phi) is 4.04. The first kappa shape index (κ1) is 14.2. The molecule has 0 bridgehead atoms. The molecule has 2 unspecified atom stereocenters. The number of ether oxygens (including phenoxy) is 2. The molecule has 0 spiro atoms. The number of hydrogen-bond acceptors (Lipinski definition) is 3. The van der Waals surface area contributed by atoms with Crippen molar-refractivity contribution in [1.29, 1.82) is 0 Å². The van der Waals surface area contributed by atoms with Crippen LogP contribution in [0.2, 0.25) is 0 Å². The third-order valence-electron chi connectivity index (χ3n) is 4.48. The second-order valence-electron chi connectivity index (χ2n) is 6.04. The van der Waals surface area contributed by atoms with Crippen LogP contribution in [0, 0.1) is 11.3 Å². The summed E-state index contributed by atoms with van der Waals surface area (Å²) in [5.74, 6) is 1.74. The molecule has 0 aliphatic heterocycles. The maximum atomic E-state index is 10.7. The van der Waals surface area contributed by atoms with E-state index in [0.29, 0.717) is 5.75 Å². The van der Waals surface area contributed by atoms with Crippen LogP contribution >= 0.6 is 0 Å². The van der Waals surface area contributed by atoms with Gasteiger partial charge >= 0.3 is 0 Å². The Bertz CT molecular complexity index is 440. The van der Waals surface area contributed by atoms with Gasteiger partial charge in [-0.05, 0) is 36.3 Å². The maximum Gasteiger partial charge on any atom is 0.128 e. The van der Waals surface area contributed by atoms with Gasteiger partial charge in [0.2, 0.25) is 0 Å². The lowest BCUT2D eigenvalue weighted by Crippen LogP contribution is -2.24. The number of rotatable bonds is 4. The summed E-state index contributed by atoms with van der Waals surface area (Å²) in [5, 5.41) is 10.7. The summed E-state index contributed by atoms with van der Waals surface area (Å²) in [6.07, 6.45) is 2.96. The van der Waals surface area contributed by atoms with E-state index >= 15 is 0 Å². The van der Waals surface area contributed by atoms with E-state index in [1.165, 1.54) is 12.8 Å². The summed E-state index contributed by atoms with van der Waals surface area (Å²) in [4.78, 5) is 0. The average Bonchev–Trinajstić information content (AvgIpc) is 2.76. The lowest BCUT2D eigenvalue weighted by molar-refractivity contribution is 0.0513. The van der Waals surface area contributed by atoms with Gasteiger partial charge in [0, 0.05) is 11.6 Å². The Labute approximate surface area is 115 Å². The predicted octanol–water partition coefficient (Wildman–Crippen LogP) is 3.56. The van der Waals surface area contributed by atoms with Crippen molar-refractivity contribution in [2.45, 2.75) is 39.2 Å². The molecule has 3 heteroatoms. The zero-order valence-corrected chi connectivity index (χ0v) is 12.3. The molecular formula is C16H24O3. The van der Waals surface area contributed by atoms with Gasteiger partial charge in [0.1, 0.15) is 11.5 Å². The van der Waals surface area contributed by atoms with Crippen molar-refractivity contribution in [3.63, 3.8) is 0 Å². The SMILES string of the molecule is COc1ccc(C(O)C2CCCC2(C)C)c(OC)c1. The summed E-state index contributed by atoms with van der Waals surface area (Å²) in [6.45, 7) is 4.48. The van der Waals surface area contributed by atoms with Gasteiger partial charge < -0.3 is 14.6 Å². The predicted molar refractivity (Wildman–Crippen MR) is 75.6 cm³/mol. The van der Waals surface area contributed by atoms with Crippen LogP contribution < -0.4 is 9.47 Å². The first-order valence-electron chi connectivity index (χ1n) is 6.89. The Morgan fingerprint density at radius 2 is 2.00 bits per heavy atom. The minimum atomic E-state index is -0.474. The van der Waals surface area contributed by atoms with E-state index in [1.54, 1.807) is 14.2 Å². The lowest BCUT2D eigenvalue weighted by atomic mass is 9.76. The van der Waals surface area contributed by atoms with Gasteiger partial charge in [0.25, 0.3) is 0 Å². The van der Waals surface area contributed by atoms with Crippen LogP contribution in [0.15, 0.2) is 18.2 Å². The van der Waals surface area contributed by atoms with Crippen LogP contribution in [0.4, 0.5) is 0 Å². The molecule has 2 atom stereocenters. The highest BCUT2D eigenvalue weighted by Crippen LogP contribution is 2.50. The molecule has 2 rings (SSSR count). The van der Waals surface area contributed by atoms with Crippen LogP contribution in [-0.4, -0.2) is 19.3 Å². The molecule has 1 aliphatic carbocycles. The summed E-state index contributed by atoms with van der Waals surface area (Å²) in [6, 6.07) is 5.63. The molecule has 1 fully saturated rings. The van der Waals surface area contributed by atoms with Crippen molar-refractivity contribution in [2.24, 2.45) is 11.3 Å². The lowest BCUT2D eigenvalue weighted by Gasteiger charge is -2.32. The summed E-state index contributed by atoms with van der Waals surface area (Å²) >= 11 is 0. The molecule has 3 nitrogen and oxygen atoms in total. The maximum absolute atomic E-state index is 10.7. The monoisotopic (exact) mass is 264 g/mol. The fourth-order valence-corrected chi connectivity index (χ4v) is 3.22. The number of hydrogen-bond donors (Lipinski definition) is 1. The Morgan fingerprint density at radius 1 is 1.26 bits per heavy atom. The topological polar surface area (TPSA) is 38.7 Å². The number of benzene rings is 1. The van der Waals surface area contributed by atoms with E-state index < -0.39 is 6.10 Å². The van der Waals surface area contributed by atoms with Gasteiger partial charge in [-0.3, -0.25) is 0 Å². The molecule has 1 aromatic carbocycles. The van der Waals surface area contributed by atoms with Crippen LogP contribution in [0.5, 0.6) is 11.5 Å².